The lowest BCUT2D eigenvalue weighted by Gasteiger charge is -2.31. The summed E-state index contributed by atoms with van der Waals surface area (Å²) < 4.78 is 27.6. The second kappa shape index (κ2) is 7.31. The van der Waals surface area contributed by atoms with Gasteiger partial charge in [0.05, 0.1) is 10.5 Å². The number of primary sulfonamides is 1. The molecule has 1 aliphatic rings. The molecule has 1 amide bonds. The van der Waals surface area contributed by atoms with Crippen molar-refractivity contribution in [1.82, 2.24) is 4.90 Å². The molecular formula is C16H22N2O5S. The van der Waals surface area contributed by atoms with Crippen molar-refractivity contribution >= 4 is 21.9 Å². The van der Waals surface area contributed by atoms with E-state index < -0.39 is 22.1 Å². The van der Waals surface area contributed by atoms with Gasteiger partial charge in [-0.25, -0.2) is 18.4 Å². The molecule has 1 aromatic rings. The molecule has 2 rings (SSSR count). The SMILES string of the molecule is CC1CCN(C(=O)[C@H](C)OC(=O)c2ccc(S(N)(=O)=O)cc2)CC1. The zero-order chi connectivity index (χ0) is 17.9. The Kier molecular flexibility index (Phi) is 5.61. The van der Waals surface area contributed by atoms with Crippen molar-refractivity contribution < 1.29 is 22.7 Å². The number of hydrogen-bond donors (Lipinski definition) is 1. The van der Waals surface area contributed by atoms with Crippen molar-refractivity contribution in [2.24, 2.45) is 11.1 Å². The molecule has 0 saturated carbocycles. The van der Waals surface area contributed by atoms with E-state index in [1.807, 2.05) is 0 Å². The largest absolute Gasteiger partial charge is 0.449 e. The Morgan fingerprint density at radius 3 is 2.25 bits per heavy atom. The van der Waals surface area contributed by atoms with Gasteiger partial charge in [0.1, 0.15) is 0 Å². The first-order valence-electron chi connectivity index (χ1n) is 7.81. The molecule has 0 bridgehead atoms. The van der Waals surface area contributed by atoms with Crippen LogP contribution in [0.25, 0.3) is 0 Å². The predicted octanol–water partition coefficient (Wildman–Crippen LogP) is 1.14. The highest BCUT2D eigenvalue weighted by atomic mass is 32.2. The Labute approximate surface area is 141 Å². The van der Waals surface area contributed by atoms with Crippen molar-refractivity contribution in [3.05, 3.63) is 29.8 Å². The average molecular weight is 354 g/mol. The number of amides is 1. The molecule has 0 aliphatic carbocycles. The lowest BCUT2D eigenvalue weighted by molar-refractivity contribution is -0.141. The van der Waals surface area contributed by atoms with Crippen molar-refractivity contribution in [2.45, 2.75) is 37.7 Å². The van der Waals surface area contributed by atoms with Gasteiger partial charge in [0, 0.05) is 13.1 Å². The highest BCUT2D eigenvalue weighted by Gasteiger charge is 2.27. The van der Waals surface area contributed by atoms with Crippen LogP contribution in [0.2, 0.25) is 0 Å². The van der Waals surface area contributed by atoms with Crippen LogP contribution in [-0.2, 0) is 19.6 Å². The number of benzene rings is 1. The second-order valence-electron chi connectivity index (χ2n) is 6.12. The molecule has 1 aliphatic heterocycles. The molecule has 0 unspecified atom stereocenters. The third-order valence-corrected chi connectivity index (χ3v) is 5.07. The standard InChI is InChI=1S/C16H22N2O5S/c1-11-7-9-18(10-8-11)15(19)12(2)23-16(20)13-3-5-14(6-4-13)24(17,21)22/h3-6,11-12H,7-10H2,1-2H3,(H2,17,21,22)/t12-/m0/s1. The maximum Gasteiger partial charge on any atom is 0.338 e. The first-order valence-corrected chi connectivity index (χ1v) is 9.35. The molecule has 1 fully saturated rings. The Balaban J connectivity index is 1.97. The van der Waals surface area contributed by atoms with Crippen LogP contribution in [0.4, 0.5) is 0 Å². The smallest absolute Gasteiger partial charge is 0.338 e. The van der Waals surface area contributed by atoms with Crippen molar-refractivity contribution in [1.29, 1.82) is 0 Å². The Morgan fingerprint density at radius 1 is 1.21 bits per heavy atom. The van der Waals surface area contributed by atoms with Gasteiger partial charge in [-0.15, -0.1) is 0 Å². The fourth-order valence-electron chi connectivity index (χ4n) is 2.55. The zero-order valence-corrected chi connectivity index (χ0v) is 14.6. The number of rotatable bonds is 4. The molecule has 1 heterocycles. The van der Waals surface area contributed by atoms with Crippen molar-refractivity contribution in [3.63, 3.8) is 0 Å². The third-order valence-electron chi connectivity index (χ3n) is 4.15. The fraction of sp³-hybridized carbons (Fsp3) is 0.500. The van der Waals surface area contributed by atoms with Crippen molar-refractivity contribution in [3.8, 4) is 0 Å². The van der Waals surface area contributed by atoms with Crippen LogP contribution in [0.5, 0.6) is 0 Å². The lowest BCUT2D eigenvalue weighted by atomic mass is 9.99. The maximum atomic E-state index is 12.3. The quantitative estimate of drug-likeness (QED) is 0.816. The third kappa shape index (κ3) is 4.55. The first-order chi connectivity index (χ1) is 11.2. The van der Waals surface area contributed by atoms with E-state index in [2.05, 4.69) is 6.92 Å². The molecule has 8 heteroatoms. The Hall–Kier alpha value is -1.93. The van der Waals surface area contributed by atoms with Crippen LogP contribution in [0.3, 0.4) is 0 Å². The minimum absolute atomic E-state index is 0.0920. The number of hydrogen-bond acceptors (Lipinski definition) is 5. The summed E-state index contributed by atoms with van der Waals surface area (Å²) in [4.78, 5) is 26.0. The fourth-order valence-corrected chi connectivity index (χ4v) is 3.06. The molecule has 0 radical (unpaired) electrons. The molecule has 24 heavy (non-hydrogen) atoms. The molecule has 1 saturated heterocycles. The number of nitrogens with two attached hydrogens (primary N) is 1. The van der Waals surface area contributed by atoms with Gasteiger partial charge >= 0.3 is 5.97 Å². The summed E-state index contributed by atoms with van der Waals surface area (Å²) in [6.07, 6.45) is 1.01. The van der Waals surface area contributed by atoms with Gasteiger partial charge in [0.15, 0.2) is 6.10 Å². The Morgan fingerprint density at radius 2 is 1.75 bits per heavy atom. The number of ether oxygens (including phenoxy) is 1. The monoisotopic (exact) mass is 354 g/mol. The van der Waals surface area contributed by atoms with E-state index in [-0.39, 0.29) is 16.4 Å². The van der Waals surface area contributed by atoms with E-state index in [0.29, 0.717) is 19.0 Å². The van der Waals surface area contributed by atoms with Crippen LogP contribution < -0.4 is 5.14 Å². The minimum Gasteiger partial charge on any atom is -0.449 e. The predicted molar refractivity (Wildman–Crippen MR) is 87.7 cm³/mol. The molecule has 0 aromatic heterocycles. The molecule has 132 valence electrons. The molecule has 2 N–H and O–H groups in total. The highest BCUT2D eigenvalue weighted by Crippen LogP contribution is 2.18. The average Bonchev–Trinajstić information content (AvgIpc) is 2.54. The summed E-state index contributed by atoms with van der Waals surface area (Å²) in [5, 5.41) is 5.00. The summed E-state index contributed by atoms with van der Waals surface area (Å²) in [5.41, 5.74) is 0.161. The van der Waals surface area contributed by atoms with E-state index in [1.165, 1.54) is 31.2 Å². The summed E-state index contributed by atoms with van der Waals surface area (Å²) in [7, 11) is -3.81. The molecule has 1 aromatic carbocycles. The van der Waals surface area contributed by atoms with Crippen LogP contribution in [-0.4, -0.2) is 44.4 Å². The number of esters is 1. The zero-order valence-electron chi connectivity index (χ0n) is 13.8. The van der Waals surface area contributed by atoms with Gasteiger partial charge in [0.2, 0.25) is 10.0 Å². The normalized spacial score (nSPS) is 17.4. The second-order valence-corrected chi connectivity index (χ2v) is 7.69. The maximum absolute atomic E-state index is 12.3. The summed E-state index contributed by atoms with van der Waals surface area (Å²) >= 11 is 0. The van der Waals surface area contributed by atoms with Gasteiger partial charge in [-0.05, 0) is 49.9 Å². The molecule has 0 spiro atoms. The van der Waals surface area contributed by atoms with E-state index in [9.17, 15) is 18.0 Å². The van der Waals surface area contributed by atoms with Gasteiger partial charge in [0.25, 0.3) is 5.91 Å². The van der Waals surface area contributed by atoms with E-state index in [0.717, 1.165) is 12.8 Å². The summed E-state index contributed by atoms with van der Waals surface area (Å²) in [6, 6.07) is 5.07. The number of sulfonamides is 1. The minimum atomic E-state index is -3.81. The van der Waals surface area contributed by atoms with Crippen LogP contribution in [0.1, 0.15) is 37.0 Å². The van der Waals surface area contributed by atoms with Gasteiger partial charge in [-0.2, -0.15) is 0 Å². The topological polar surface area (TPSA) is 107 Å². The molecular weight excluding hydrogens is 332 g/mol. The van der Waals surface area contributed by atoms with Gasteiger partial charge < -0.3 is 9.64 Å². The van der Waals surface area contributed by atoms with E-state index >= 15 is 0 Å². The molecule has 7 nitrogen and oxygen atoms in total. The lowest BCUT2D eigenvalue weighted by Crippen LogP contribution is -2.44. The number of likely N-dealkylation sites (tertiary alicyclic amines) is 1. The number of carbonyl (C=O) groups excluding carboxylic acids is 2. The van der Waals surface area contributed by atoms with Crippen LogP contribution >= 0.6 is 0 Å². The van der Waals surface area contributed by atoms with E-state index in [1.54, 1.807) is 4.90 Å². The number of piperidine rings is 1. The molecule has 1 atom stereocenters. The number of nitrogens with zero attached hydrogens (tertiary/aromatic N) is 1. The summed E-state index contributed by atoms with van der Waals surface area (Å²) in [5.74, 6) is -0.289. The van der Waals surface area contributed by atoms with Gasteiger partial charge in [-0.1, -0.05) is 6.92 Å². The Bertz CT molecular complexity index is 706. The van der Waals surface area contributed by atoms with Crippen LogP contribution in [0.15, 0.2) is 29.2 Å². The summed E-state index contributed by atoms with van der Waals surface area (Å²) in [6.45, 7) is 5.03. The van der Waals surface area contributed by atoms with Crippen LogP contribution in [0, 0.1) is 5.92 Å². The van der Waals surface area contributed by atoms with Crippen molar-refractivity contribution in [2.75, 3.05) is 13.1 Å². The first kappa shape index (κ1) is 18.4. The van der Waals surface area contributed by atoms with E-state index in [4.69, 9.17) is 9.88 Å². The van der Waals surface area contributed by atoms with Gasteiger partial charge in [-0.3, -0.25) is 4.79 Å². The number of carbonyl (C=O) groups is 2. The highest BCUT2D eigenvalue weighted by molar-refractivity contribution is 7.89.